The number of hydrogen-bond acceptors (Lipinski definition) is 2. The van der Waals surface area contributed by atoms with Crippen molar-refractivity contribution in [3.8, 4) is 6.07 Å². The Bertz CT molecular complexity index is 597. The molecular formula is C14H13BrN2. The van der Waals surface area contributed by atoms with Gasteiger partial charge in [0, 0.05) is 10.7 Å². The molecule has 86 valence electrons. The maximum atomic E-state index is 9.27. The highest BCUT2D eigenvalue weighted by Gasteiger charge is 2.24. The molecule has 0 aliphatic rings. The first-order valence-corrected chi connectivity index (χ1v) is 6.57. The van der Waals surface area contributed by atoms with Gasteiger partial charge in [0.1, 0.15) is 0 Å². The van der Waals surface area contributed by atoms with Gasteiger partial charge in [-0.3, -0.25) is 4.98 Å². The van der Waals surface area contributed by atoms with Crippen molar-refractivity contribution < 1.29 is 0 Å². The van der Waals surface area contributed by atoms with Gasteiger partial charge >= 0.3 is 0 Å². The highest BCUT2D eigenvalue weighted by Crippen LogP contribution is 2.29. The number of aromatic nitrogens is 1. The zero-order valence-corrected chi connectivity index (χ0v) is 11.5. The summed E-state index contributed by atoms with van der Waals surface area (Å²) in [5.41, 5.74) is 1.24. The van der Waals surface area contributed by atoms with Gasteiger partial charge in [-0.2, -0.15) is 5.26 Å². The van der Waals surface area contributed by atoms with E-state index in [0.717, 1.165) is 22.2 Å². The van der Waals surface area contributed by atoms with Crippen LogP contribution in [0.25, 0.3) is 10.8 Å². The third-order valence-corrected chi connectivity index (χ3v) is 3.38. The summed E-state index contributed by atoms with van der Waals surface area (Å²) < 4.78 is 0. The van der Waals surface area contributed by atoms with Crippen molar-refractivity contribution in [3.63, 3.8) is 0 Å². The smallest absolute Gasteiger partial charge is 0.0943 e. The Morgan fingerprint density at radius 1 is 1.35 bits per heavy atom. The molecule has 3 heteroatoms. The fourth-order valence-corrected chi connectivity index (χ4v) is 2.14. The van der Waals surface area contributed by atoms with Crippen molar-refractivity contribution in [1.29, 1.82) is 5.26 Å². The van der Waals surface area contributed by atoms with Crippen LogP contribution in [0.3, 0.4) is 0 Å². The third kappa shape index (κ3) is 2.18. The highest BCUT2D eigenvalue weighted by molar-refractivity contribution is 9.08. The second-order valence-corrected chi connectivity index (χ2v) is 5.11. The Balaban J connectivity index is 2.81. The van der Waals surface area contributed by atoms with Crippen LogP contribution in [0.15, 0.2) is 30.3 Å². The molecule has 1 aromatic carbocycles. The molecule has 0 aliphatic carbocycles. The molecule has 0 amide bonds. The van der Waals surface area contributed by atoms with Crippen molar-refractivity contribution >= 4 is 26.7 Å². The molecule has 0 saturated heterocycles. The Kier molecular flexibility index (Phi) is 3.17. The van der Waals surface area contributed by atoms with Crippen LogP contribution in [0.5, 0.6) is 0 Å². The third-order valence-electron chi connectivity index (χ3n) is 2.80. The van der Waals surface area contributed by atoms with Crippen molar-refractivity contribution in [2.45, 2.75) is 24.6 Å². The Morgan fingerprint density at radius 2 is 2.06 bits per heavy atom. The summed E-state index contributed by atoms with van der Waals surface area (Å²) >= 11 is 3.42. The van der Waals surface area contributed by atoms with Crippen LogP contribution in [0.2, 0.25) is 0 Å². The number of halogens is 1. The van der Waals surface area contributed by atoms with E-state index in [4.69, 9.17) is 0 Å². The summed E-state index contributed by atoms with van der Waals surface area (Å²) in [6.07, 6.45) is 0. The zero-order valence-electron chi connectivity index (χ0n) is 9.87. The van der Waals surface area contributed by atoms with Gasteiger partial charge in [-0.1, -0.05) is 40.2 Å². The number of benzene rings is 1. The van der Waals surface area contributed by atoms with E-state index >= 15 is 0 Å². The van der Waals surface area contributed by atoms with E-state index in [1.807, 2.05) is 32.0 Å². The average molecular weight is 289 g/mol. The summed E-state index contributed by atoms with van der Waals surface area (Å²) in [6.45, 7) is 3.81. The molecule has 0 unspecified atom stereocenters. The highest BCUT2D eigenvalue weighted by atomic mass is 79.9. The lowest BCUT2D eigenvalue weighted by Crippen LogP contribution is -2.17. The lowest BCUT2D eigenvalue weighted by Gasteiger charge is -2.18. The minimum Gasteiger partial charge on any atom is -0.255 e. The molecule has 2 rings (SSSR count). The molecular weight excluding hydrogens is 276 g/mol. The molecule has 0 fully saturated rings. The van der Waals surface area contributed by atoms with Crippen molar-refractivity contribution in [2.75, 3.05) is 0 Å². The maximum absolute atomic E-state index is 9.27. The second-order valence-electron chi connectivity index (χ2n) is 4.55. The topological polar surface area (TPSA) is 36.7 Å². The first-order valence-electron chi connectivity index (χ1n) is 5.45. The summed E-state index contributed by atoms with van der Waals surface area (Å²) in [5, 5.41) is 12.2. The van der Waals surface area contributed by atoms with Crippen LogP contribution in [0, 0.1) is 11.3 Å². The Hall–Kier alpha value is -1.40. The van der Waals surface area contributed by atoms with E-state index in [1.165, 1.54) is 0 Å². The predicted octanol–water partition coefficient (Wildman–Crippen LogP) is 3.93. The first kappa shape index (κ1) is 12.1. The van der Waals surface area contributed by atoms with Gasteiger partial charge < -0.3 is 0 Å². The maximum Gasteiger partial charge on any atom is 0.0943 e. The largest absolute Gasteiger partial charge is 0.255 e. The molecule has 17 heavy (non-hydrogen) atoms. The number of pyridine rings is 1. The molecule has 0 saturated carbocycles. The van der Waals surface area contributed by atoms with Gasteiger partial charge in [-0.05, 0) is 25.3 Å². The van der Waals surface area contributed by atoms with E-state index in [0.29, 0.717) is 5.33 Å². The fraction of sp³-hybridized carbons (Fsp3) is 0.286. The van der Waals surface area contributed by atoms with E-state index in [2.05, 4.69) is 39.1 Å². The summed E-state index contributed by atoms with van der Waals surface area (Å²) in [6, 6.07) is 12.4. The molecule has 0 N–H and O–H groups in total. The van der Waals surface area contributed by atoms with Crippen molar-refractivity contribution in [2.24, 2.45) is 0 Å². The van der Waals surface area contributed by atoms with E-state index in [1.54, 1.807) is 0 Å². The number of fused-ring (bicyclic) bond motifs is 1. The van der Waals surface area contributed by atoms with Gasteiger partial charge in [0.15, 0.2) is 0 Å². The number of nitriles is 1. The number of rotatable bonds is 2. The van der Waals surface area contributed by atoms with Crippen LogP contribution in [-0.4, -0.2) is 4.98 Å². The summed E-state index contributed by atoms with van der Waals surface area (Å²) in [7, 11) is 0. The predicted molar refractivity (Wildman–Crippen MR) is 73.0 cm³/mol. The van der Waals surface area contributed by atoms with E-state index < -0.39 is 5.41 Å². The lowest BCUT2D eigenvalue weighted by atomic mass is 9.87. The molecule has 1 aromatic heterocycles. The lowest BCUT2D eigenvalue weighted by molar-refractivity contribution is 0.664. The van der Waals surface area contributed by atoms with Crippen LogP contribution in [0.1, 0.15) is 25.2 Å². The van der Waals surface area contributed by atoms with E-state index in [9.17, 15) is 5.26 Å². The van der Waals surface area contributed by atoms with Gasteiger partial charge in [-0.15, -0.1) is 0 Å². The molecule has 0 radical (unpaired) electrons. The van der Waals surface area contributed by atoms with Crippen molar-refractivity contribution in [1.82, 2.24) is 4.98 Å². The molecule has 2 nitrogen and oxygen atoms in total. The summed E-state index contributed by atoms with van der Waals surface area (Å²) in [5.74, 6) is 0. The normalized spacial score (nSPS) is 11.4. The standard InChI is InChI=1S/C14H13BrN2/c1-14(2,9-16)13-12-6-4-3-5-10(12)7-11(8-15)17-13/h3-7H,8H2,1-2H3. The van der Waals surface area contributed by atoms with Gasteiger partial charge in [0.2, 0.25) is 0 Å². The molecule has 0 spiro atoms. The Labute approximate surface area is 109 Å². The fourth-order valence-electron chi connectivity index (χ4n) is 1.85. The Morgan fingerprint density at radius 3 is 2.71 bits per heavy atom. The molecule has 1 heterocycles. The first-order chi connectivity index (χ1) is 8.08. The minimum atomic E-state index is -0.572. The minimum absolute atomic E-state index is 0.572. The molecule has 0 bridgehead atoms. The van der Waals surface area contributed by atoms with Crippen LogP contribution in [0.4, 0.5) is 0 Å². The van der Waals surface area contributed by atoms with E-state index in [-0.39, 0.29) is 0 Å². The van der Waals surface area contributed by atoms with Crippen LogP contribution >= 0.6 is 15.9 Å². The van der Waals surface area contributed by atoms with Crippen LogP contribution in [-0.2, 0) is 10.7 Å². The summed E-state index contributed by atoms with van der Waals surface area (Å²) in [4.78, 5) is 4.59. The monoisotopic (exact) mass is 288 g/mol. The van der Waals surface area contributed by atoms with Gasteiger partial charge in [0.25, 0.3) is 0 Å². The molecule has 0 aliphatic heterocycles. The number of alkyl halides is 1. The second kappa shape index (κ2) is 4.46. The molecule has 2 aromatic rings. The number of nitrogens with zero attached hydrogens (tertiary/aromatic N) is 2. The zero-order chi connectivity index (χ0) is 12.5. The van der Waals surface area contributed by atoms with Gasteiger partial charge in [0.05, 0.1) is 22.9 Å². The van der Waals surface area contributed by atoms with Crippen molar-refractivity contribution in [3.05, 3.63) is 41.7 Å². The average Bonchev–Trinajstić information content (AvgIpc) is 2.37. The number of hydrogen-bond donors (Lipinski definition) is 0. The quantitative estimate of drug-likeness (QED) is 0.785. The van der Waals surface area contributed by atoms with Crippen LogP contribution < -0.4 is 0 Å². The SMILES string of the molecule is CC(C)(C#N)c1nc(CBr)cc2ccccc12. The van der Waals surface area contributed by atoms with Gasteiger partial charge in [-0.25, -0.2) is 0 Å². The molecule has 0 atom stereocenters.